The molecule has 1 fully saturated rings. The molecule has 0 unspecified atom stereocenters. The van der Waals surface area contributed by atoms with Crippen LogP contribution in [0.1, 0.15) is 28.9 Å². The molecule has 2 aromatic heterocycles. The third-order valence-corrected chi connectivity index (χ3v) is 4.99. The van der Waals surface area contributed by atoms with Gasteiger partial charge in [-0.15, -0.1) is 11.3 Å². The third-order valence-electron chi connectivity index (χ3n) is 4.13. The highest BCUT2D eigenvalue weighted by Gasteiger charge is 2.25. The zero-order valence-corrected chi connectivity index (χ0v) is 13.1. The number of nitrogens with zero attached hydrogens (tertiary/aromatic N) is 1. The van der Waals surface area contributed by atoms with Gasteiger partial charge in [0.25, 0.3) is 5.91 Å². The molecule has 0 spiro atoms. The molecule has 4 heteroatoms. The van der Waals surface area contributed by atoms with E-state index in [1.165, 1.54) is 15.8 Å². The number of hydrogen-bond acceptors (Lipinski definition) is 2. The van der Waals surface area contributed by atoms with Gasteiger partial charge in [-0.05, 0) is 42.3 Å². The van der Waals surface area contributed by atoms with Gasteiger partial charge in [-0.3, -0.25) is 4.79 Å². The van der Waals surface area contributed by atoms with Gasteiger partial charge in [-0.25, -0.2) is 0 Å². The summed E-state index contributed by atoms with van der Waals surface area (Å²) in [7, 11) is 0. The number of carbonyl (C=O) groups is 1. The molecule has 0 aliphatic heterocycles. The number of thiophene rings is 1. The highest BCUT2D eigenvalue weighted by atomic mass is 32.1. The summed E-state index contributed by atoms with van der Waals surface area (Å²) < 4.78 is 3.35. The molecule has 1 aliphatic rings. The lowest BCUT2D eigenvalue weighted by Gasteiger charge is -2.10. The summed E-state index contributed by atoms with van der Waals surface area (Å²) in [6, 6.07) is 15.0. The van der Waals surface area contributed by atoms with Crippen molar-refractivity contribution in [3.8, 4) is 0 Å². The van der Waals surface area contributed by atoms with Crippen molar-refractivity contribution in [1.82, 2.24) is 9.88 Å². The summed E-state index contributed by atoms with van der Waals surface area (Å²) in [4.78, 5) is 12.5. The van der Waals surface area contributed by atoms with Crippen molar-refractivity contribution >= 4 is 27.5 Å². The Bertz CT molecular complexity index is 799. The highest BCUT2D eigenvalue weighted by Crippen LogP contribution is 2.27. The summed E-state index contributed by atoms with van der Waals surface area (Å²) in [5.41, 5.74) is 3.26. The topological polar surface area (TPSA) is 34.0 Å². The van der Waals surface area contributed by atoms with Crippen LogP contribution in [0, 0.1) is 0 Å². The van der Waals surface area contributed by atoms with Crippen LogP contribution in [0.2, 0.25) is 0 Å². The van der Waals surface area contributed by atoms with Crippen LogP contribution in [0.5, 0.6) is 0 Å². The number of aromatic nitrogens is 1. The van der Waals surface area contributed by atoms with E-state index < -0.39 is 0 Å². The Labute approximate surface area is 133 Å². The Balaban J connectivity index is 1.61. The quantitative estimate of drug-likeness (QED) is 0.763. The summed E-state index contributed by atoms with van der Waals surface area (Å²) in [6.45, 7) is 0.831. The molecular formula is C18H18N2OS. The third kappa shape index (κ3) is 2.66. The summed E-state index contributed by atoms with van der Waals surface area (Å²) in [5.74, 6) is 0.0685. The minimum absolute atomic E-state index is 0.0685. The number of hydrogen-bond donors (Lipinski definition) is 1. The standard InChI is InChI=1S/C18H18N2OS/c21-18(19-14-6-7-14)16-12-17-15(9-11-22-17)20(16)10-8-13-4-2-1-3-5-13/h1-5,9,11-12,14H,6-8,10H2,(H,19,21). The smallest absolute Gasteiger partial charge is 0.268 e. The monoisotopic (exact) mass is 310 g/mol. The molecule has 1 saturated carbocycles. The van der Waals surface area contributed by atoms with Crippen molar-refractivity contribution in [1.29, 1.82) is 0 Å². The Kier molecular flexibility index (Phi) is 3.47. The van der Waals surface area contributed by atoms with E-state index in [0.717, 1.165) is 31.5 Å². The highest BCUT2D eigenvalue weighted by molar-refractivity contribution is 7.17. The number of nitrogens with one attached hydrogen (secondary N) is 1. The van der Waals surface area contributed by atoms with Crippen molar-refractivity contribution in [3.63, 3.8) is 0 Å². The van der Waals surface area contributed by atoms with Crippen LogP contribution in [0.4, 0.5) is 0 Å². The van der Waals surface area contributed by atoms with Crippen molar-refractivity contribution in [2.45, 2.75) is 31.8 Å². The molecule has 1 N–H and O–H groups in total. The molecule has 2 heterocycles. The van der Waals surface area contributed by atoms with E-state index in [9.17, 15) is 4.79 Å². The lowest BCUT2D eigenvalue weighted by atomic mass is 10.1. The lowest BCUT2D eigenvalue weighted by molar-refractivity contribution is 0.0942. The van der Waals surface area contributed by atoms with E-state index in [4.69, 9.17) is 0 Å². The van der Waals surface area contributed by atoms with Gasteiger partial charge in [0.05, 0.1) is 10.2 Å². The molecule has 0 atom stereocenters. The van der Waals surface area contributed by atoms with E-state index >= 15 is 0 Å². The van der Waals surface area contributed by atoms with Crippen LogP contribution in [0.25, 0.3) is 10.2 Å². The minimum Gasteiger partial charge on any atom is -0.348 e. The average molecular weight is 310 g/mol. The van der Waals surface area contributed by atoms with Gasteiger partial charge < -0.3 is 9.88 Å². The van der Waals surface area contributed by atoms with E-state index in [1.807, 2.05) is 12.1 Å². The van der Waals surface area contributed by atoms with Gasteiger partial charge in [-0.2, -0.15) is 0 Å². The van der Waals surface area contributed by atoms with E-state index in [-0.39, 0.29) is 5.91 Å². The molecule has 0 radical (unpaired) electrons. The molecule has 0 saturated heterocycles. The maximum absolute atomic E-state index is 12.5. The first-order valence-corrected chi connectivity index (χ1v) is 8.61. The second-order valence-corrected chi connectivity index (χ2v) is 6.78. The Hall–Kier alpha value is -2.07. The number of fused-ring (bicyclic) bond motifs is 1. The second kappa shape index (κ2) is 5.61. The van der Waals surface area contributed by atoms with Gasteiger partial charge in [0.2, 0.25) is 0 Å². The van der Waals surface area contributed by atoms with Crippen LogP contribution < -0.4 is 5.32 Å². The Morgan fingerprint density at radius 1 is 1.23 bits per heavy atom. The largest absolute Gasteiger partial charge is 0.348 e. The Morgan fingerprint density at radius 2 is 2.05 bits per heavy atom. The molecule has 1 aliphatic carbocycles. The SMILES string of the molecule is O=C(NC1CC1)c1cc2sccc2n1CCc1ccccc1. The van der Waals surface area contributed by atoms with Gasteiger partial charge in [0.15, 0.2) is 0 Å². The fourth-order valence-corrected chi connectivity index (χ4v) is 3.60. The molecule has 3 aromatic rings. The van der Waals surface area contributed by atoms with Gasteiger partial charge in [0, 0.05) is 12.6 Å². The maximum atomic E-state index is 12.5. The molecule has 1 amide bonds. The summed E-state index contributed by atoms with van der Waals surface area (Å²) in [5, 5.41) is 5.19. The first-order chi connectivity index (χ1) is 10.8. The van der Waals surface area contributed by atoms with Gasteiger partial charge in [-0.1, -0.05) is 30.3 Å². The minimum atomic E-state index is 0.0685. The fraction of sp³-hybridized carbons (Fsp3) is 0.278. The van der Waals surface area contributed by atoms with E-state index in [2.05, 4.69) is 45.6 Å². The molecule has 1 aromatic carbocycles. The summed E-state index contributed by atoms with van der Waals surface area (Å²) in [6.07, 6.45) is 3.17. The van der Waals surface area contributed by atoms with Crippen molar-refractivity contribution in [2.75, 3.05) is 0 Å². The van der Waals surface area contributed by atoms with E-state index in [1.54, 1.807) is 11.3 Å². The predicted octanol–water partition coefficient (Wildman–Crippen LogP) is 3.84. The zero-order chi connectivity index (χ0) is 14.9. The maximum Gasteiger partial charge on any atom is 0.268 e. The Morgan fingerprint density at radius 3 is 2.82 bits per heavy atom. The molecule has 0 bridgehead atoms. The predicted molar refractivity (Wildman–Crippen MR) is 90.4 cm³/mol. The lowest BCUT2D eigenvalue weighted by Crippen LogP contribution is -2.27. The molecular weight excluding hydrogens is 292 g/mol. The van der Waals surface area contributed by atoms with Gasteiger partial charge in [0.1, 0.15) is 5.69 Å². The fourth-order valence-electron chi connectivity index (χ4n) is 2.78. The number of carbonyl (C=O) groups excluding carboxylic acids is 1. The van der Waals surface area contributed by atoms with Crippen LogP contribution >= 0.6 is 11.3 Å². The van der Waals surface area contributed by atoms with E-state index in [0.29, 0.717) is 6.04 Å². The van der Waals surface area contributed by atoms with Crippen molar-refractivity contribution < 1.29 is 4.79 Å². The normalized spacial score (nSPS) is 14.4. The second-order valence-electron chi connectivity index (χ2n) is 5.83. The number of amides is 1. The first kappa shape index (κ1) is 13.6. The van der Waals surface area contributed by atoms with Crippen LogP contribution in [0.15, 0.2) is 47.8 Å². The van der Waals surface area contributed by atoms with Crippen LogP contribution in [-0.4, -0.2) is 16.5 Å². The van der Waals surface area contributed by atoms with Crippen LogP contribution in [0.3, 0.4) is 0 Å². The number of rotatable bonds is 5. The molecule has 112 valence electrons. The van der Waals surface area contributed by atoms with Gasteiger partial charge >= 0.3 is 0 Å². The van der Waals surface area contributed by atoms with Crippen LogP contribution in [-0.2, 0) is 13.0 Å². The molecule has 22 heavy (non-hydrogen) atoms. The van der Waals surface area contributed by atoms with Crippen molar-refractivity contribution in [3.05, 3.63) is 59.1 Å². The average Bonchev–Trinajstić information content (AvgIpc) is 3.11. The van der Waals surface area contributed by atoms with Crippen molar-refractivity contribution in [2.24, 2.45) is 0 Å². The number of aryl methyl sites for hydroxylation is 2. The molecule has 4 rings (SSSR count). The number of benzene rings is 1. The first-order valence-electron chi connectivity index (χ1n) is 7.73. The summed E-state index contributed by atoms with van der Waals surface area (Å²) >= 11 is 1.70. The zero-order valence-electron chi connectivity index (χ0n) is 12.3. The molecule has 3 nitrogen and oxygen atoms in total.